The Morgan fingerprint density at radius 2 is 1.79 bits per heavy atom. The van der Waals surface area contributed by atoms with Crippen LogP contribution in [0.4, 0.5) is 0 Å². The zero-order chi connectivity index (χ0) is 20.1. The molecule has 0 bridgehead atoms. The third kappa shape index (κ3) is 4.43. The molecule has 4 rings (SSSR count). The Hall–Kier alpha value is -3.67. The lowest BCUT2D eigenvalue weighted by atomic mass is 10.2. The van der Waals surface area contributed by atoms with E-state index in [4.69, 9.17) is 4.74 Å². The first-order valence-electron chi connectivity index (χ1n) is 9.53. The lowest BCUT2D eigenvalue weighted by Crippen LogP contribution is -2.31. The summed E-state index contributed by atoms with van der Waals surface area (Å²) in [5.74, 6) is 1.36. The van der Waals surface area contributed by atoms with E-state index in [1.807, 2.05) is 84.3 Å². The van der Waals surface area contributed by atoms with E-state index >= 15 is 0 Å². The molecule has 0 fully saturated rings. The van der Waals surface area contributed by atoms with Crippen LogP contribution in [-0.2, 0) is 17.9 Å². The van der Waals surface area contributed by atoms with Crippen molar-refractivity contribution in [3.05, 3.63) is 90.5 Å². The van der Waals surface area contributed by atoms with Gasteiger partial charge in [0, 0.05) is 6.20 Å². The molecule has 0 saturated carbocycles. The van der Waals surface area contributed by atoms with Crippen LogP contribution in [-0.4, -0.2) is 20.4 Å². The smallest absolute Gasteiger partial charge is 0.240 e. The number of imidazole rings is 1. The molecule has 2 aromatic heterocycles. The zero-order valence-electron chi connectivity index (χ0n) is 16.2. The molecular weight excluding hydrogens is 364 g/mol. The number of nitrogens with one attached hydrogen (secondary N) is 1. The lowest BCUT2D eigenvalue weighted by molar-refractivity contribution is -0.122. The third-order valence-electron chi connectivity index (χ3n) is 4.66. The van der Waals surface area contributed by atoms with E-state index in [1.54, 1.807) is 6.20 Å². The second-order valence-corrected chi connectivity index (χ2v) is 6.75. The summed E-state index contributed by atoms with van der Waals surface area (Å²) >= 11 is 0. The highest BCUT2D eigenvalue weighted by Crippen LogP contribution is 2.18. The predicted octanol–water partition coefficient (Wildman–Crippen LogP) is 3.89. The second kappa shape index (κ2) is 8.56. The van der Waals surface area contributed by atoms with E-state index in [2.05, 4.69) is 15.3 Å². The van der Waals surface area contributed by atoms with Gasteiger partial charge < -0.3 is 14.6 Å². The molecule has 6 heteroatoms. The number of ether oxygens (including phenoxy) is 1. The van der Waals surface area contributed by atoms with Crippen molar-refractivity contribution in [2.75, 3.05) is 0 Å². The Bertz CT molecular complexity index is 1090. The van der Waals surface area contributed by atoms with Gasteiger partial charge in [0.05, 0.1) is 22.8 Å². The predicted molar refractivity (Wildman–Crippen MR) is 111 cm³/mol. The summed E-state index contributed by atoms with van der Waals surface area (Å²) in [7, 11) is 0. The fourth-order valence-corrected chi connectivity index (χ4v) is 3.21. The van der Waals surface area contributed by atoms with Crippen LogP contribution < -0.4 is 10.1 Å². The maximum absolute atomic E-state index is 12.7. The zero-order valence-corrected chi connectivity index (χ0v) is 16.2. The molecule has 0 aliphatic carbocycles. The summed E-state index contributed by atoms with van der Waals surface area (Å²) in [5, 5.41) is 3.01. The Kier molecular flexibility index (Phi) is 5.52. The number of hydrogen-bond donors (Lipinski definition) is 1. The standard InChI is InChI=1S/C23H22N4O2/c1-17(19-11-7-8-14-24-19)25-23(28)15-27-21-13-6-5-12-20(21)26-22(27)16-29-18-9-3-2-4-10-18/h2-14,17H,15-16H2,1H3,(H,25,28). The van der Waals surface area contributed by atoms with Crippen molar-refractivity contribution in [1.82, 2.24) is 19.9 Å². The summed E-state index contributed by atoms with van der Waals surface area (Å²) in [4.78, 5) is 21.7. The van der Waals surface area contributed by atoms with E-state index in [0.717, 1.165) is 22.5 Å². The van der Waals surface area contributed by atoms with E-state index in [0.29, 0.717) is 5.82 Å². The molecule has 0 spiro atoms. The number of carbonyl (C=O) groups excluding carboxylic acids is 1. The molecule has 2 heterocycles. The summed E-state index contributed by atoms with van der Waals surface area (Å²) in [5.41, 5.74) is 2.56. The van der Waals surface area contributed by atoms with Crippen LogP contribution in [0.1, 0.15) is 24.5 Å². The highest BCUT2D eigenvalue weighted by Gasteiger charge is 2.16. The quantitative estimate of drug-likeness (QED) is 0.523. The average molecular weight is 386 g/mol. The number of fused-ring (bicyclic) bond motifs is 1. The summed E-state index contributed by atoms with van der Waals surface area (Å²) < 4.78 is 7.77. The number of rotatable bonds is 7. The molecule has 29 heavy (non-hydrogen) atoms. The highest BCUT2D eigenvalue weighted by atomic mass is 16.5. The van der Waals surface area contributed by atoms with Crippen LogP contribution in [0, 0.1) is 0 Å². The van der Waals surface area contributed by atoms with Gasteiger partial charge in [-0.1, -0.05) is 36.4 Å². The van der Waals surface area contributed by atoms with E-state index in [1.165, 1.54) is 0 Å². The fourth-order valence-electron chi connectivity index (χ4n) is 3.21. The van der Waals surface area contributed by atoms with Crippen LogP contribution in [0.3, 0.4) is 0 Å². The lowest BCUT2D eigenvalue weighted by Gasteiger charge is -2.15. The van der Waals surface area contributed by atoms with Gasteiger partial charge in [-0.3, -0.25) is 9.78 Å². The number of amides is 1. The maximum atomic E-state index is 12.7. The largest absolute Gasteiger partial charge is 0.486 e. The van der Waals surface area contributed by atoms with E-state index in [9.17, 15) is 4.79 Å². The van der Waals surface area contributed by atoms with Crippen molar-refractivity contribution in [1.29, 1.82) is 0 Å². The molecule has 1 amide bonds. The van der Waals surface area contributed by atoms with Gasteiger partial charge in [-0.05, 0) is 43.3 Å². The van der Waals surface area contributed by atoms with Crippen molar-refractivity contribution in [3.8, 4) is 5.75 Å². The van der Waals surface area contributed by atoms with Gasteiger partial charge in [-0.2, -0.15) is 0 Å². The minimum absolute atomic E-state index is 0.104. The number of para-hydroxylation sites is 3. The van der Waals surface area contributed by atoms with Crippen molar-refractivity contribution >= 4 is 16.9 Å². The molecule has 6 nitrogen and oxygen atoms in total. The van der Waals surface area contributed by atoms with Gasteiger partial charge >= 0.3 is 0 Å². The van der Waals surface area contributed by atoms with Crippen LogP contribution in [0.2, 0.25) is 0 Å². The van der Waals surface area contributed by atoms with Crippen LogP contribution >= 0.6 is 0 Å². The minimum atomic E-state index is -0.178. The van der Waals surface area contributed by atoms with Gasteiger partial charge in [0.15, 0.2) is 0 Å². The molecule has 0 radical (unpaired) electrons. The van der Waals surface area contributed by atoms with Crippen molar-refractivity contribution in [2.45, 2.75) is 26.1 Å². The van der Waals surface area contributed by atoms with Crippen molar-refractivity contribution in [2.24, 2.45) is 0 Å². The molecule has 146 valence electrons. The number of hydrogen-bond acceptors (Lipinski definition) is 4. The fraction of sp³-hybridized carbons (Fsp3) is 0.174. The van der Waals surface area contributed by atoms with Gasteiger partial charge in [0.1, 0.15) is 24.7 Å². The summed E-state index contributed by atoms with van der Waals surface area (Å²) in [6.07, 6.45) is 1.72. The average Bonchev–Trinajstić information content (AvgIpc) is 3.11. The number of carbonyl (C=O) groups is 1. The number of nitrogens with zero attached hydrogens (tertiary/aromatic N) is 3. The number of benzene rings is 2. The first-order valence-corrected chi connectivity index (χ1v) is 9.53. The number of pyridine rings is 1. The molecule has 0 aliphatic rings. The van der Waals surface area contributed by atoms with E-state index < -0.39 is 0 Å². The highest BCUT2D eigenvalue weighted by molar-refractivity contribution is 5.81. The van der Waals surface area contributed by atoms with Gasteiger partial charge in [0.2, 0.25) is 5.91 Å². The van der Waals surface area contributed by atoms with Gasteiger partial charge in [-0.25, -0.2) is 4.98 Å². The molecule has 0 saturated heterocycles. The Labute approximate surface area is 169 Å². The Balaban J connectivity index is 1.53. The van der Waals surface area contributed by atoms with Crippen LogP contribution in [0.15, 0.2) is 79.0 Å². The summed E-state index contributed by atoms with van der Waals surface area (Å²) in [6.45, 7) is 2.36. The SMILES string of the molecule is CC(NC(=O)Cn1c(COc2ccccc2)nc2ccccc21)c1ccccn1. The third-order valence-corrected chi connectivity index (χ3v) is 4.66. The van der Waals surface area contributed by atoms with Gasteiger partial charge in [0.25, 0.3) is 0 Å². The first kappa shape index (κ1) is 18.7. The second-order valence-electron chi connectivity index (χ2n) is 6.75. The molecule has 1 N–H and O–H groups in total. The Morgan fingerprint density at radius 1 is 1.03 bits per heavy atom. The topological polar surface area (TPSA) is 69.0 Å². The maximum Gasteiger partial charge on any atom is 0.240 e. The summed E-state index contributed by atoms with van der Waals surface area (Å²) in [6, 6.07) is 22.8. The Morgan fingerprint density at radius 3 is 2.59 bits per heavy atom. The van der Waals surface area contributed by atoms with Crippen molar-refractivity contribution in [3.63, 3.8) is 0 Å². The van der Waals surface area contributed by atoms with Gasteiger partial charge in [-0.15, -0.1) is 0 Å². The normalized spacial score (nSPS) is 11.9. The minimum Gasteiger partial charge on any atom is -0.486 e. The van der Waals surface area contributed by atoms with Crippen molar-refractivity contribution < 1.29 is 9.53 Å². The van der Waals surface area contributed by atoms with E-state index in [-0.39, 0.29) is 25.1 Å². The molecule has 1 atom stereocenters. The molecule has 2 aromatic carbocycles. The molecule has 0 aliphatic heterocycles. The number of aromatic nitrogens is 3. The van der Waals surface area contributed by atoms with Crippen LogP contribution in [0.5, 0.6) is 5.75 Å². The molecular formula is C23H22N4O2. The van der Waals surface area contributed by atoms with Crippen LogP contribution in [0.25, 0.3) is 11.0 Å². The molecule has 1 unspecified atom stereocenters. The monoisotopic (exact) mass is 386 g/mol. The first-order chi connectivity index (χ1) is 14.2. The molecule has 4 aromatic rings.